The van der Waals surface area contributed by atoms with E-state index in [1.807, 2.05) is 36.4 Å². The fourth-order valence-electron chi connectivity index (χ4n) is 4.05. The van der Waals surface area contributed by atoms with E-state index in [1.54, 1.807) is 0 Å². The van der Waals surface area contributed by atoms with E-state index in [0.717, 1.165) is 0 Å². The average Bonchev–Trinajstić information content (AvgIpc) is 3.50. The summed E-state index contributed by atoms with van der Waals surface area (Å²) in [7, 11) is 0. The second kappa shape index (κ2) is 7.96. The van der Waals surface area contributed by atoms with Crippen LogP contribution in [-0.2, 0) is 33.0 Å². The lowest BCUT2D eigenvalue weighted by molar-refractivity contribution is 0.0665. The van der Waals surface area contributed by atoms with Gasteiger partial charge in [0.2, 0.25) is 0 Å². The zero-order valence-electron chi connectivity index (χ0n) is 16.3. The average molecular weight is 384 g/mol. The molecule has 3 aromatic rings. The zero-order valence-corrected chi connectivity index (χ0v) is 16.3. The van der Waals surface area contributed by atoms with E-state index in [1.165, 1.54) is 27.8 Å². The van der Waals surface area contributed by atoms with E-state index in [2.05, 4.69) is 54.6 Å². The molecular weight excluding hydrogens is 360 g/mol. The van der Waals surface area contributed by atoms with Gasteiger partial charge in [0, 0.05) is 0 Å². The number of ether oxygens (including phenoxy) is 3. The summed E-state index contributed by atoms with van der Waals surface area (Å²) >= 11 is 0. The van der Waals surface area contributed by atoms with Crippen molar-refractivity contribution in [3.8, 4) is 0 Å². The lowest BCUT2D eigenvalue weighted by atomic mass is 9.83. The summed E-state index contributed by atoms with van der Waals surface area (Å²) < 4.78 is 18.2. The van der Waals surface area contributed by atoms with Crippen LogP contribution in [0.25, 0.3) is 5.57 Å². The number of benzene rings is 3. The Morgan fingerprint density at radius 2 is 1.31 bits per heavy atom. The van der Waals surface area contributed by atoms with Gasteiger partial charge in [0.1, 0.15) is 11.7 Å². The molecule has 3 nitrogen and oxygen atoms in total. The molecule has 1 fully saturated rings. The molecule has 1 aliphatic heterocycles. The van der Waals surface area contributed by atoms with E-state index < -0.39 is 0 Å². The van der Waals surface area contributed by atoms with Gasteiger partial charge in [-0.15, -0.1) is 0 Å². The van der Waals surface area contributed by atoms with Crippen LogP contribution in [0, 0.1) is 0 Å². The molecule has 146 valence electrons. The molecule has 1 aliphatic carbocycles. The molecule has 1 heterocycles. The van der Waals surface area contributed by atoms with E-state index in [9.17, 15) is 0 Å². The summed E-state index contributed by atoms with van der Waals surface area (Å²) in [6.07, 6.45) is 2.27. The lowest BCUT2D eigenvalue weighted by Gasteiger charge is -2.23. The minimum Gasteiger partial charge on any atom is -0.373 e. The van der Waals surface area contributed by atoms with Crippen LogP contribution in [0.1, 0.15) is 22.3 Å². The van der Waals surface area contributed by atoms with Crippen LogP contribution in [0.5, 0.6) is 0 Å². The molecule has 0 N–H and O–H groups in total. The van der Waals surface area contributed by atoms with Gasteiger partial charge in [-0.25, -0.2) is 0 Å². The molecule has 1 saturated heterocycles. The normalized spacial score (nSPS) is 21.8. The summed E-state index contributed by atoms with van der Waals surface area (Å²) in [5.74, 6) is 0. The van der Waals surface area contributed by atoms with Crippen molar-refractivity contribution >= 4 is 5.57 Å². The van der Waals surface area contributed by atoms with E-state index in [0.29, 0.717) is 26.4 Å². The van der Waals surface area contributed by atoms with Crippen LogP contribution >= 0.6 is 0 Å². The lowest BCUT2D eigenvalue weighted by Crippen LogP contribution is -2.24. The van der Waals surface area contributed by atoms with Gasteiger partial charge in [-0.2, -0.15) is 0 Å². The summed E-state index contributed by atoms with van der Waals surface area (Å²) in [4.78, 5) is 0. The van der Waals surface area contributed by atoms with Crippen LogP contribution in [0.2, 0.25) is 0 Å². The third-order valence-corrected chi connectivity index (χ3v) is 5.62. The Balaban J connectivity index is 1.26. The molecule has 0 saturated carbocycles. The fourth-order valence-corrected chi connectivity index (χ4v) is 4.05. The highest BCUT2D eigenvalue weighted by Crippen LogP contribution is 2.53. The fraction of sp³-hybridized carbons (Fsp3) is 0.231. The number of rotatable bonds is 8. The summed E-state index contributed by atoms with van der Waals surface area (Å²) in [5.41, 5.74) is 5.61. The maximum atomic E-state index is 6.17. The van der Waals surface area contributed by atoms with Gasteiger partial charge in [-0.3, -0.25) is 0 Å². The second-order valence-electron chi connectivity index (χ2n) is 7.62. The summed E-state index contributed by atoms with van der Waals surface area (Å²) in [6, 6.07) is 29.0. The Kier molecular flexibility index (Phi) is 5.03. The quantitative estimate of drug-likeness (QED) is 0.506. The van der Waals surface area contributed by atoms with Crippen LogP contribution in [0.3, 0.4) is 0 Å². The molecule has 3 aromatic carbocycles. The van der Waals surface area contributed by atoms with Crippen molar-refractivity contribution in [2.75, 3.05) is 13.2 Å². The Morgan fingerprint density at radius 3 is 2.03 bits per heavy atom. The van der Waals surface area contributed by atoms with Crippen molar-refractivity contribution in [1.82, 2.24) is 0 Å². The maximum Gasteiger partial charge on any atom is 0.147 e. The molecule has 0 amide bonds. The first-order valence-electron chi connectivity index (χ1n) is 10.1. The first kappa shape index (κ1) is 18.3. The predicted octanol–water partition coefficient (Wildman–Crippen LogP) is 5.11. The minimum absolute atomic E-state index is 0.0588. The first-order valence-corrected chi connectivity index (χ1v) is 10.1. The molecular formula is C26H24O3. The summed E-state index contributed by atoms with van der Waals surface area (Å²) in [6.45, 7) is 2.33. The van der Waals surface area contributed by atoms with E-state index >= 15 is 0 Å². The number of epoxide rings is 1. The van der Waals surface area contributed by atoms with E-state index in [4.69, 9.17) is 14.2 Å². The van der Waals surface area contributed by atoms with Gasteiger partial charge >= 0.3 is 0 Å². The molecule has 0 spiro atoms. The van der Waals surface area contributed by atoms with Crippen molar-refractivity contribution < 1.29 is 14.2 Å². The topological polar surface area (TPSA) is 31.0 Å². The third kappa shape index (κ3) is 3.77. The highest BCUT2D eigenvalue weighted by atomic mass is 16.6. The Bertz CT molecular complexity index is 997. The van der Waals surface area contributed by atoms with Crippen molar-refractivity contribution in [3.63, 3.8) is 0 Å². The van der Waals surface area contributed by atoms with Crippen LogP contribution in [0.4, 0.5) is 0 Å². The van der Waals surface area contributed by atoms with E-state index in [-0.39, 0.29) is 11.7 Å². The molecule has 0 radical (unpaired) electrons. The molecule has 0 bridgehead atoms. The predicted molar refractivity (Wildman–Crippen MR) is 113 cm³/mol. The van der Waals surface area contributed by atoms with Crippen LogP contribution in [0.15, 0.2) is 91.0 Å². The molecule has 2 aliphatic rings. The minimum atomic E-state index is -0.353. The highest BCUT2D eigenvalue weighted by molar-refractivity contribution is 5.74. The monoisotopic (exact) mass is 384 g/mol. The van der Waals surface area contributed by atoms with Gasteiger partial charge in [0.25, 0.3) is 0 Å². The molecule has 2 atom stereocenters. The number of hydrogen-bond acceptors (Lipinski definition) is 3. The van der Waals surface area contributed by atoms with Gasteiger partial charge in [0.15, 0.2) is 0 Å². The Labute approximate surface area is 171 Å². The Hall–Kier alpha value is -2.72. The molecule has 5 rings (SSSR count). The Morgan fingerprint density at radius 1 is 0.690 bits per heavy atom. The SMILES string of the molecule is C1=C(COCc2ccccc2)c2ccccc2[C@@]2(COCc3ccccc3)O[C@@H]12. The van der Waals surface area contributed by atoms with Crippen molar-refractivity contribution in [3.05, 3.63) is 113 Å². The van der Waals surface area contributed by atoms with Crippen molar-refractivity contribution in [1.29, 1.82) is 0 Å². The molecule has 29 heavy (non-hydrogen) atoms. The third-order valence-electron chi connectivity index (χ3n) is 5.62. The standard InChI is InChI=1S/C26H24O3/c1-3-9-20(10-4-1)16-27-18-22-15-25-26(29-25,24-14-8-7-13-23(22)24)19-28-17-21-11-5-2-6-12-21/h1-15,25H,16-19H2/t25-,26+/m0/s1. The van der Waals surface area contributed by atoms with Gasteiger partial charge in [-0.05, 0) is 33.9 Å². The largest absolute Gasteiger partial charge is 0.373 e. The second-order valence-corrected chi connectivity index (χ2v) is 7.62. The van der Waals surface area contributed by atoms with Crippen LogP contribution in [-0.4, -0.2) is 19.3 Å². The smallest absolute Gasteiger partial charge is 0.147 e. The van der Waals surface area contributed by atoms with Crippen LogP contribution < -0.4 is 0 Å². The maximum absolute atomic E-state index is 6.17. The van der Waals surface area contributed by atoms with Crippen molar-refractivity contribution in [2.24, 2.45) is 0 Å². The number of hydrogen-bond donors (Lipinski definition) is 0. The zero-order chi connectivity index (χ0) is 19.5. The number of fused-ring (bicyclic) bond motifs is 3. The summed E-state index contributed by atoms with van der Waals surface area (Å²) in [5, 5.41) is 0. The van der Waals surface area contributed by atoms with Gasteiger partial charge in [0.05, 0.1) is 26.4 Å². The first-order chi connectivity index (χ1) is 14.4. The van der Waals surface area contributed by atoms with Crippen molar-refractivity contribution in [2.45, 2.75) is 24.9 Å². The molecule has 0 aromatic heterocycles. The van der Waals surface area contributed by atoms with Gasteiger partial charge in [-0.1, -0.05) is 84.9 Å². The highest BCUT2D eigenvalue weighted by Gasteiger charge is 2.59. The molecule has 0 unspecified atom stereocenters. The molecule has 3 heteroatoms. The van der Waals surface area contributed by atoms with Gasteiger partial charge < -0.3 is 14.2 Å².